The summed E-state index contributed by atoms with van der Waals surface area (Å²) < 4.78 is 10.9. The first-order valence-corrected chi connectivity index (χ1v) is 11.2. The molecule has 0 radical (unpaired) electrons. The summed E-state index contributed by atoms with van der Waals surface area (Å²) in [6, 6.07) is 13.9. The third-order valence-corrected chi connectivity index (χ3v) is 6.88. The first-order valence-electron chi connectivity index (χ1n) is 9.42. The van der Waals surface area contributed by atoms with Gasteiger partial charge in [-0.2, -0.15) is 0 Å². The van der Waals surface area contributed by atoms with Crippen molar-refractivity contribution >= 4 is 28.6 Å². The van der Waals surface area contributed by atoms with Gasteiger partial charge in [0.1, 0.15) is 11.5 Å². The Kier molecular flexibility index (Phi) is 5.98. The van der Waals surface area contributed by atoms with E-state index in [0.29, 0.717) is 19.4 Å². The molecule has 3 heterocycles. The van der Waals surface area contributed by atoms with Crippen LogP contribution in [0.3, 0.4) is 0 Å². The highest BCUT2D eigenvalue weighted by molar-refractivity contribution is 7.10. The van der Waals surface area contributed by atoms with Gasteiger partial charge in [-0.3, -0.25) is 4.79 Å². The van der Waals surface area contributed by atoms with Gasteiger partial charge in [-0.1, -0.05) is 6.07 Å². The minimum atomic E-state index is 0.0602. The Balaban J connectivity index is 1.35. The lowest BCUT2D eigenvalue weighted by molar-refractivity contribution is -0.133. The van der Waals surface area contributed by atoms with Crippen molar-refractivity contribution in [1.29, 1.82) is 0 Å². The maximum atomic E-state index is 13.0. The highest BCUT2D eigenvalue weighted by atomic mass is 32.1. The topological polar surface area (TPSA) is 38.8 Å². The number of benzene rings is 1. The number of carbonyl (C=O) groups is 1. The minimum Gasteiger partial charge on any atom is -0.497 e. The molecular formula is C22H23NO3S2. The molecule has 0 fully saturated rings. The Bertz CT molecular complexity index is 902. The molecule has 0 saturated carbocycles. The average molecular weight is 414 g/mol. The second-order valence-corrected chi connectivity index (χ2v) is 8.66. The molecule has 0 spiro atoms. The summed E-state index contributed by atoms with van der Waals surface area (Å²) in [6.07, 6.45) is 2.15. The molecular weight excluding hydrogens is 390 g/mol. The predicted molar refractivity (Wildman–Crippen MR) is 114 cm³/mol. The predicted octanol–water partition coefficient (Wildman–Crippen LogP) is 5.15. The normalized spacial score (nSPS) is 15.9. The number of ether oxygens (including phenoxy) is 2. The van der Waals surface area contributed by atoms with E-state index in [0.717, 1.165) is 24.5 Å². The Hall–Kier alpha value is -2.31. The lowest BCUT2D eigenvalue weighted by Crippen LogP contribution is -2.39. The zero-order chi connectivity index (χ0) is 19.3. The molecule has 3 aromatic rings. The van der Waals surface area contributed by atoms with Crippen LogP contribution in [0.2, 0.25) is 0 Å². The number of hydrogen-bond acceptors (Lipinski definition) is 5. The lowest BCUT2D eigenvalue weighted by atomic mass is 9.98. The van der Waals surface area contributed by atoms with Gasteiger partial charge in [0.15, 0.2) is 0 Å². The van der Waals surface area contributed by atoms with Crippen molar-refractivity contribution in [3.8, 4) is 11.5 Å². The number of thiophene rings is 2. The molecule has 0 N–H and O–H groups in total. The molecule has 1 aliphatic rings. The van der Waals surface area contributed by atoms with E-state index in [-0.39, 0.29) is 11.9 Å². The summed E-state index contributed by atoms with van der Waals surface area (Å²) >= 11 is 3.52. The number of carbonyl (C=O) groups excluding carboxylic acids is 1. The van der Waals surface area contributed by atoms with E-state index in [4.69, 9.17) is 9.47 Å². The number of rotatable bonds is 7. The molecule has 28 heavy (non-hydrogen) atoms. The summed E-state index contributed by atoms with van der Waals surface area (Å²) in [5.41, 5.74) is 1.29. The van der Waals surface area contributed by atoms with Gasteiger partial charge in [-0.15, -0.1) is 22.7 Å². The van der Waals surface area contributed by atoms with E-state index in [1.54, 1.807) is 29.8 Å². The zero-order valence-electron chi connectivity index (χ0n) is 15.8. The third kappa shape index (κ3) is 4.08. The number of methoxy groups -OCH3 is 1. The standard InChI is InChI=1S/C22H23NO3S2/c1-25-16-6-8-17(9-7-16)26-13-2-5-21(24)23-12-10-19-18(11-15-28-19)22(23)20-4-3-14-27-20/h3-4,6-9,11,14-15,22H,2,5,10,12-13H2,1H3/t22-/m1/s1. The number of hydrogen-bond donors (Lipinski definition) is 0. The molecule has 1 amide bonds. The molecule has 4 nitrogen and oxygen atoms in total. The average Bonchev–Trinajstić information content (AvgIpc) is 3.42. The van der Waals surface area contributed by atoms with Gasteiger partial charge in [-0.25, -0.2) is 0 Å². The fraction of sp³-hybridized carbons (Fsp3) is 0.318. The fourth-order valence-corrected chi connectivity index (χ4v) is 5.33. The monoisotopic (exact) mass is 413 g/mol. The SMILES string of the molecule is COc1ccc(OCCCC(=O)N2CCc3sccc3[C@@H]2c2cccs2)cc1. The Morgan fingerprint density at radius 2 is 1.93 bits per heavy atom. The van der Waals surface area contributed by atoms with Gasteiger partial charge < -0.3 is 14.4 Å². The fourth-order valence-electron chi connectivity index (χ4n) is 3.57. The van der Waals surface area contributed by atoms with E-state index in [2.05, 4.69) is 29.0 Å². The maximum Gasteiger partial charge on any atom is 0.223 e. The van der Waals surface area contributed by atoms with Gasteiger partial charge in [0.2, 0.25) is 5.91 Å². The first kappa shape index (κ1) is 19.0. The molecule has 2 aromatic heterocycles. The summed E-state index contributed by atoms with van der Waals surface area (Å²) in [5.74, 6) is 1.80. The van der Waals surface area contributed by atoms with Crippen molar-refractivity contribution in [1.82, 2.24) is 4.90 Å². The lowest BCUT2D eigenvalue weighted by Gasteiger charge is -2.35. The molecule has 0 aliphatic carbocycles. The summed E-state index contributed by atoms with van der Waals surface area (Å²) in [7, 11) is 1.64. The van der Waals surface area contributed by atoms with E-state index >= 15 is 0 Å². The van der Waals surface area contributed by atoms with Crippen molar-refractivity contribution < 1.29 is 14.3 Å². The molecule has 146 valence electrons. The Labute approximate surface area is 173 Å². The Morgan fingerprint density at radius 1 is 1.11 bits per heavy atom. The molecule has 0 unspecified atom stereocenters. The van der Waals surface area contributed by atoms with Gasteiger partial charge >= 0.3 is 0 Å². The summed E-state index contributed by atoms with van der Waals surface area (Å²) in [4.78, 5) is 17.7. The van der Waals surface area contributed by atoms with Gasteiger partial charge in [0.25, 0.3) is 0 Å². The quantitative estimate of drug-likeness (QED) is 0.503. The molecule has 1 aromatic carbocycles. The third-order valence-electron chi connectivity index (χ3n) is 4.96. The van der Waals surface area contributed by atoms with E-state index in [1.165, 1.54) is 15.3 Å². The van der Waals surface area contributed by atoms with Crippen LogP contribution in [0.5, 0.6) is 11.5 Å². The highest BCUT2D eigenvalue weighted by Crippen LogP contribution is 2.39. The van der Waals surface area contributed by atoms with Crippen LogP contribution in [0.25, 0.3) is 0 Å². The van der Waals surface area contributed by atoms with E-state index in [1.807, 2.05) is 29.2 Å². The van der Waals surface area contributed by atoms with Crippen LogP contribution >= 0.6 is 22.7 Å². The maximum absolute atomic E-state index is 13.0. The van der Waals surface area contributed by atoms with Gasteiger partial charge in [-0.05, 0) is 65.6 Å². The molecule has 1 aliphatic heterocycles. The summed E-state index contributed by atoms with van der Waals surface area (Å²) in [5, 5.41) is 4.23. The van der Waals surface area contributed by atoms with Crippen LogP contribution in [0.1, 0.15) is 34.2 Å². The smallest absolute Gasteiger partial charge is 0.223 e. The molecule has 4 rings (SSSR count). The van der Waals surface area contributed by atoms with Crippen LogP contribution < -0.4 is 9.47 Å². The van der Waals surface area contributed by atoms with Gasteiger partial charge in [0.05, 0.1) is 19.8 Å². The van der Waals surface area contributed by atoms with Crippen LogP contribution in [0.4, 0.5) is 0 Å². The number of fused-ring (bicyclic) bond motifs is 1. The van der Waals surface area contributed by atoms with Crippen LogP contribution in [0, 0.1) is 0 Å². The molecule has 1 atom stereocenters. The molecule has 6 heteroatoms. The van der Waals surface area contributed by atoms with Crippen LogP contribution in [-0.4, -0.2) is 31.1 Å². The van der Waals surface area contributed by atoms with Crippen molar-refractivity contribution in [3.63, 3.8) is 0 Å². The largest absolute Gasteiger partial charge is 0.497 e. The highest BCUT2D eigenvalue weighted by Gasteiger charge is 2.32. The first-order chi connectivity index (χ1) is 13.8. The van der Waals surface area contributed by atoms with Crippen LogP contribution in [0.15, 0.2) is 53.2 Å². The van der Waals surface area contributed by atoms with E-state index < -0.39 is 0 Å². The van der Waals surface area contributed by atoms with Crippen molar-refractivity contribution in [2.45, 2.75) is 25.3 Å². The van der Waals surface area contributed by atoms with Crippen molar-refractivity contribution in [2.75, 3.05) is 20.3 Å². The van der Waals surface area contributed by atoms with E-state index in [9.17, 15) is 4.79 Å². The van der Waals surface area contributed by atoms with Gasteiger partial charge in [0, 0.05) is 22.7 Å². The molecule has 0 bridgehead atoms. The Morgan fingerprint density at radius 3 is 2.68 bits per heavy atom. The molecule has 0 saturated heterocycles. The summed E-state index contributed by atoms with van der Waals surface area (Å²) in [6.45, 7) is 1.31. The second-order valence-electron chi connectivity index (χ2n) is 6.68. The van der Waals surface area contributed by atoms with Crippen molar-refractivity contribution in [2.24, 2.45) is 0 Å². The van der Waals surface area contributed by atoms with Crippen LogP contribution in [-0.2, 0) is 11.2 Å². The minimum absolute atomic E-state index is 0.0602. The second kappa shape index (κ2) is 8.80. The number of nitrogens with zero attached hydrogens (tertiary/aromatic N) is 1. The number of amides is 1. The van der Waals surface area contributed by atoms with Crippen molar-refractivity contribution in [3.05, 3.63) is 68.5 Å². The zero-order valence-corrected chi connectivity index (χ0v) is 17.4.